The summed E-state index contributed by atoms with van der Waals surface area (Å²) in [4.78, 5) is 37.9. The van der Waals surface area contributed by atoms with Gasteiger partial charge >= 0.3 is 17.9 Å². The second-order valence-corrected chi connectivity index (χ2v) is 19.1. The third-order valence-corrected chi connectivity index (χ3v) is 12.3. The molecule has 0 saturated carbocycles. The maximum absolute atomic E-state index is 12.8. The van der Waals surface area contributed by atoms with Gasteiger partial charge in [0.15, 0.2) is 6.10 Å². The summed E-state index contributed by atoms with van der Waals surface area (Å²) >= 11 is 0. The fraction of sp³-hybridized carbons (Fsp3) is 0.677. The van der Waals surface area contributed by atoms with E-state index in [9.17, 15) is 14.4 Å². The van der Waals surface area contributed by atoms with Gasteiger partial charge in [0.05, 0.1) is 0 Å². The van der Waals surface area contributed by atoms with E-state index in [1.165, 1.54) is 116 Å². The smallest absolute Gasteiger partial charge is 0.306 e. The van der Waals surface area contributed by atoms with Crippen LogP contribution in [0.3, 0.4) is 0 Å². The van der Waals surface area contributed by atoms with E-state index in [0.717, 1.165) is 103 Å². The predicted molar refractivity (Wildman–Crippen MR) is 307 cm³/mol. The average molecular weight is 986 g/mol. The van der Waals surface area contributed by atoms with Crippen LogP contribution in [-0.4, -0.2) is 37.2 Å². The highest BCUT2D eigenvalue weighted by atomic mass is 16.6. The first kappa shape index (κ1) is 67.1. The van der Waals surface area contributed by atoms with Crippen LogP contribution in [0.4, 0.5) is 0 Å². The highest BCUT2D eigenvalue weighted by molar-refractivity contribution is 5.71. The molecule has 0 saturated heterocycles. The van der Waals surface area contributed by atoms with E-state index >= 15 is 0 Å². The second-order valence-electron chi connectivity index (χ2n) is 19.1. The number of hydrogen-bond donors (Lipinski definition) is 0. The molecule has 0 aliphatic heterocycles. The zero-order valence-corrected chi connectivity index (χ0v) is 46.2. The fourth-order valence-electron chi connectivity index (χ4n) is 7.94. The zero-order valence-electron chi connectivity index (χ0n) is 46.2. The lowest BCUT2D eigenvalue weighted by molar-refractivity contribution is -0.167. The van der Waals surface area contributed by atoms with Crippen molar-refractivity contribution < 1.29 is 28.6 Å². The monoisotopic (exact) mass is 985 g/mol. The molecular weight excluding hydrogens is 877 g/mol. The number of carbonyl (C=O) groups is 3. The average Bonchev–Trinajstić information content (AvgIpc) is 3.37. The highest BCUT2D eigenvalue weighted by Crippen LogP contribution is 2.16. The Kier molecular flexibility index (Phi) is 55.4. The Morgan fingerprint density at radius 2 is 0.563 bits per heavy atom. The molecule has 0 bridgehead atoms. The standard InChI is InChI=1S/C65H108O6/c1-4-7-10-13-16-18-20-22-24-26-27-28-29-30-31-32-33-34-35-36-37-39-40-42-44-46-49-52-55-58-64(67)70-61-62(60-69-63(66)57-54-51-48-15-12-9-6-3)71-65(68)59-56-53-50-47-45-43-41-38-25-23-21-19-17-14-11-8-5-2/h7-8,10-11,16-19,22-25,27-28,41,43,47,50,62H,4-6,9,12-15,20-21,26,29-40,42,44-46,48-49,51-61H2,1-3H3/b10-7-,11-8-,18-16-,19-17-,24-22-,25-23-,28-27-,43-41-,50-47-. The van der Waals surface area contributed by atoms with Crippen molar-refractivity contribution in [3.63, 3.8) is 0 Å². The van der Waals surface area contributed by atoms with Gasteiger partial charge in [-0.3, -0.25) is 14.4 Å². The van der Waals surface area contributed by atoms with Gasteiger partial charge in [-0.2, -0.15) is 0 Å². The summed E-state index contributed by atoms with van der Waals surface area (Å²) in [5.74, 6) is -0.963. The van der Waals surface area contributed by atoms with Crippen molar-refractivity contribution in [3.05, 3.63) is 109 Å². The van der Waals surface area contributed by atoms with E-state index in [-0.39, 0.29) is 37.5 Å². The summed E-state index contributed by atoms with van der Waals surface area (Å²) in [6.45, 7) is 6.33. The third kappa shape index (κ3) is 56.9. The molecule has 1 atom stereocenters. The van der Waals surface area contributed by atoms with Crippen molar-refractivity contribution in [2.45, 2.75) is 271 Å². The molecule has 0 aromatic heterocycles. The van der Waals surface area contributed by atoms with E-state index < -0.39 is 6.10 Å². The molecule has 404 valence electrons. The van der Waals surface area contributed by atoms with Crippen LogP contribution in [0.15, 0.2) is 109 Å². The zero-order chi connectivity index (χ0) is 51.4. The van der Waals surface area contributed by atoms with E-state index in [1.54, 1.807) is 0 Å². The van der Waals surface area contributed by atoms with Gasteiger partial charge in [0.25, 0.3) is 0 Å². The Bertz CT molecular complexity index is 1460. The Hall–Kier alpha value is -3.93. The van der Waals surface area contributed by atoms with Gasteiger partial charge in [-0.15, -0.1) is 0 Å². The molecule has 0 amide bonds. The van der Waals surface area contributed by atoms with Crippen molar-refractivity contribution >= 4 is 17.9 Å². The minimum absolute atomic E-state index is 0.0994. The van der Waals surface area contributed by atoms with Crippen LogP contribution in [0.25, 0.3) is 0 Å². The molecule has 6 nitrogen and oxygen atoms in total. The second kappa shape index (κ2) is 58.6. The van der Waals surface area contributed by atoms with Crippen LogP contribution in [0.2, 0.25) is 0 Å². The first-order chi connectivity index (χ1) is 35.0. The predicted octanol–water partition coefficient (Wildman–Crippen LogP) is 19.9. The summed E-state index contributed by atoms with van der Waals surface area (Å²) in [5.41, 5.74) is 0. The van der Waals surface area contributed by atoms with E-state index in [1.807, 2.05) is 0 Å². The number of ether oxygens (including phenoxy) is 3. The summed E-state index contributed by atoms with van der Waals surface area (Å²) < 4.78 is 16.7. The number of hydrogen-bond acceptors (Lipinski definition) is 6. The van der Waals surface area contributed by atoms with Gasteiger partial charge in [-0.1, -0.05) is 259 Å². The molecule has 0 fully saturated rings. The summed E-state index contributed by atoms with van der Waals surface area (Å²) in [5, 5.41) is 0. The Morgan fingerprint density at radius 1 is 0.296 bits per heavy atom. The van der Waals surface area contributed by atoms with Crippen molar-refractivity contribution in [1.29, 1.82) is 0 Å². The lowest BCUT2D eigenvalue weighted by Crippen LogP contribution is -2.30. The fourth-order valence-corrected chi connectivity index (χ4v) is 7.94. The van der Waals surface area contributed by atoms with Gasteiger partial charge in [0.1, 0.15) is 13.2 Å². The van der Waals surface area contributed by atoms with Crippen LogP contribution in [0.5, 0.6) is 0 Å². The van der Waals surface area contributed by atoms with Crippen molar-refractivity contribution in [1.82, 2.24) is 0 Å². The van der Waals surface area contributed by atoms with Crippen LogP contribution >= 0.6 is 0 Å². The van der Waals surface area contributed by atoms with E-state index in [4.69, 9.17) is 14.2 Å². The van der Waals surface area contributed by atoms with Gasteiger partial charge in [-0.25, -0.2) is 0 Å². The molecule has 1 unspecified atom stereocenters. The largest absolute Gasteiger partial charge is 0.462 e. The van der Waals surface area contributed by atoms with Crippen molar-refractivity contribution in [2.24, 2.45) is 0 Å². The first-order valence-electron chi connectivity index (χ1n) is 29.4. The third-order valence-electron chi connectivity index (χ3n) is 12.3. The lowest BCUT2D eigenvalue weighted by Gasteiger charge is -2.18. The molecule has 6 heteroatoms. The van der Waals surface area contributed by atoms with Crippen LogP contribution in [0.1, 0.15) is 265 Å². The molecular formula is C65H108O6. The van der Waals surface area contributed by atoms with Crippen molar-refractivity contribution in [2.75, 3.05) is 13.2 Å². The first-order valence-corrected chi connectivity index (χ1v) is 29.4. The number of carbonyl (C=O) groups excluding carboxylic acids is 3. The molecule has 0 aliphatic rings. The van der Waals surface area contributed by atoms with E-state index in [2.05, 4.69) is 130 Å². The van der Waals surface area contributed by atoms with Crippen LogP contribution in [-0.2, 0) is 28.6 Å². The Labute approximate surface area is 438 Å². The van der Waals surface area contributed by atoms with Crippen LogP contribution < -0.4 is 0 Å². The molecule has 0 N–H and O–H groups in total. The normalized spacial score (nSPS) is 12.9. The van der Waals surface area contributed by atoms with Gasteiger partial charge in [-0.05, 0) is 96.3 Å². The number of allylic oxidation sites excluding steroid dienone is 18. The van der Waals surface area contributed by atoms with Gasteiger partial charge in [0, 0.05) is 19.3 Å². The maximum atomic E-state index is 12.8. The molecule has 0 spiro atoms. The lowest BCUT2D eigenvalue weighted by atomic mass is 10.0. The topological polar surface area (TPSA) is 78.9 Å². The van der Waals surface area contributed by atoms with Crippen LogP contribution in [0, 0.1) is 0 Å². The van der Waals surface area contributed by atoms with Gasteiger partial charge in [0.2, 0.25) is 0 Å². The molecule has 0 aliphatic carbocycles. The number of esters is 3. The Balaban J connectivity index is 4.16. The van der Waals surface area contributed by atoms with E-state index in [0.29, 0.717) is 19.3 Å². The minimum Gasteiger partial charge on any atom is -0.462 e. The molecule has 71 heavy (non-hydrogen) atoms. The van der Waals surface area contributed by atoms with Gasteiger partial charge < -0.3 is 14.2 Å². The number of rotatable bonds is 52. The Morgan fingerprint density at radius 3 is 0.901 bits per heavy atom. The molecule has 0 radical (unpaired) electrons. The molecule has 0 heterocycles. The summed E-state index contributed by atoms with van der Waals surface area (Å²) in [7, 11) is 0. The molecule has 0 rings (SSSR count). The molecule has 0 aromatic carbocycles. The van der Waals surface area contributed by atoms with Crippen molar-refractivity contribution in [3.8, 4) is 0 Å². The number of unbranched alkanes of at least 4 members (excludes halogenated alkanes) is 23. The maximum Gasteiger partial charge on any atom is 0.306 e. The SMILES string of the molecule is CC/C=C\C/C=C\C/C=C\C/C=C\C/C=C\CCCC(=O)OC(COC(=O)CCCCCCCCC)COC(=O)CCCCCCCCCCCCCCCCCC/C=C\C/C=C\C/C=C\C/C=C\CC. The highest BCUT2D eigenvalue weighted by Gasteiger charge is 2.19. The minimum atomic E-state index is -0.805. The quantitative estimate of drug-likeness (QED) is 0.0261. The summed E-state index contributed by atoms with van der Waals surface area (Å²) in [6, 6.07) is 0. The summed E-state index contributed by atoms with van der Waals surface area (Å²) in [6.07, 6.45) is 79.8. The molecule has 0 aromatic rings.